The number of piperazine rings is 1. The van der Waals surface area contributed by atoms with Gasteiger partial charge in [-0.2, -0.15) is 0 Å². The van der Waals surface area contributed by atoms with Gasteiger partial charge in [0.2, 0.25) is 0 Å². The van der Waals surface area contributed by atoms with Gasteiger partial charge >= 0.3 is 0 Å². The highest BCUT2D eigenvalue weighted by molar-refractivity contribution is 7.10. The Morgan fingerprint density at radius 1 is 1.14 bits per heavy atom. The second-order valence-electron chi connectivity index (χ2n) is 7.87. The van der Waals surface area contributed by atoms with Crippen molar-refractivity contribution < 1.29 is 19.8 Å². The summed E-state index contributed by atoms with van der Waals surface area (Å²) in [5, 5.41) is 7.16. The van der Waals surface area contributed by atoms with Crippen molar-refractivity contribution in [3.05, 3.63) is 58.3 Å². The van der Waals surface area contributed by atoms with Crippen LogP contribution in [0.4, 0.5) is 0 Å². The smallest absolute Gasteiger partial charge is 0.278 e. The Morgan fingerprint density at radius 3 is 2.48 bits per heavy atom. The summed E-state index contributed by atoms with van der Waals surface area (Å²) in [4.78, 5) is 29.2. The second kappa shape index (κ2) is 10.5. The maximum atomic E-state index is 12.8. The average molecular weight is 417 g/mol. The third kappa shape index (κ3) is 6.39. The fraction of sp³-hybridized carbons (Fsp3) is 0.455. The molecule has 0 bridgehead atoms. The molecule has 29 heavy (non-hydrogen) atoms. The molecule has 1 aliphatic heterocycles. The van der Waals surface area contributed by atoms with Crippen LogP contribution in [0.1, 0.15) is 30.3 Å². The Morgan fingerprint density at radius 2 is 1.86 bits per heavy atom. The normalized spacial score (nSPS) is 16.0. The molecule has 7 heteroatoms. The Kier molecular flexibility index (Phi) is 7.80. The van der Waals surface area contributed by atoms with E-state index in [1.807, 2.05) is 36.9 Å². The van der Waals surface area contributed by atoms with Crippen LogP contribution in [0.15, 0.2) is 47.8 Å². The molecule has 1 aliphatic rings. The fourth-order valence-electron chi connectivity index (χ4n) is 3.74. The number of benzene rings is 1. The molecule has 0 aliphatic carbocycles. The molecule has 0 saturated carbocycles. The molecule has 0 spiro atoms. The first kappa shape index (κ1) is 21.5. The predicted molar refractivity (Wildman–Crippen MR) is 115 cm³/mol. The second-order valence-corrected chi connectivity index (χ2v) is 8.85. The Labute approximate surface area is 176 Å². The van der Waals surface area contributed by atoms with Crippen molar-refractivity contribution in [3.8, 4) is 0 Å². The number of quaternary nitrogens is 2. The Balaban J connectivity index is 1.49. The summed E-state index contributed by atoms with van der Waals surface area (Å²) < 4.78 is 0. The minimum absolute atomic E-state index is 0.0877. The van der Waals surface area contributed by atoms with E-state index in [9.17, 15) is 9.59 Å². The van der Waals surface area contributed by atoms with Crippen molar-refractivity contribution in [2.45, 2.75) is 25.9 Å². The molecule has 0 unspecified atom stereocenters. The molecular weight excluding hydrogens is 384 g/mol. The van der Waals surface area contributed by atoms with Gasteiger partial charge in [-0.1, -0.05) is 36.4 Å². The molecule has 1 saturated heterocycles. The van der Waals surface area contributed by atoms with Gasteiger partial charge in [0, 0.05) is 11.6 Å². The summed E-state index contributed by atoms with van der Waals surface area (Å²) in [5.41, 5.74) is 1.22. The van der Waals surface area contributed by atoms with Crippen LogP contribution in [0.5, 0.6) is 0 Å². The van der Waals surface area contributed by atoms with Crippen LogP contribution < -0.4 is 15.5 Å². The monoisotopic (exact) mass is 416 g/mol. The zero-order chi connectivity index (χ0) is 20.6. The number of nitrogens with zero attached hydrogens (tertiary/aromatic N) is 1. The van der Waals surface area contributed by atoms with Crippen LogP contribution in [0, 0.1) is 0 Å². The molecule has 156 valence electrons. The zero-order valence-corrected chi connectivity index (χ0v) is 18.1. The van der Waals surface area contributed by atoms with Crippen molar-refractivity contribution in [2.75, 3.05) is 39.3 Å². The van der Waals surface area contributed by atoms with Gasteiger partial charge in [-0.25, -0.2) is 0 Å². The molecule has 1 aromatic carbocycles. The van der Waals surface area contributed by atoms with E-state index in [1.165, 1.54) is 15.3 Å². The van der Waals surface area contributed by atoms with Crippen molar-refractivity contribution in [3.63, 3.8) is 0 Å². The summed E-state index contributed by atoms with van der Waals surface area (Å²) >= 11 is 1.73. The molecule has 1 aromatic heterocycles. The van der Waals surface area contributed by atoms with E-state index in [-0.39, 0.29) is 23.9 Å². The highest BCUT2D eigenvalue weighted by Crippen LogP contribution is 2.22. The van der Waals surface area contributed by atoms with Crippen LogP contribution in [-0.4, -0.2) is 62.0 Å². The number of nitrogens with one attached hydrogen (secondary N) is 2. The Bertz CT molecular complexity index is 771. The van der Waals surface area contributed by atoms with E-state index >= 15 is 0 Å². The standard InChI is InChI=1S/C22H30N4O2S/c1-17(2)24-20(27)16-25-10-12-26(13-11-25)21(28)15-23-22(19-9-6-14-29-19)18-7-4-3-5-8-18/h3-9,14,17,22-23H,10-13,15-16H2,1-2H3,(H,24,27)/p+2/t22-/m0/s1. The number of thiophene rings is 1. The molecule has 3 rings (SSSR count). The van der Waals surface area contributed by atoms with Crippen LogP contribution >= 0.6 is 11.3 Å². The molecule has 1 fully saturated rings. The SMILES string of the molecule is CC(C)NC(=O)C[NH+]1CCN(C(=O)C[NH2+][C@@H](c2ccccc2)c2cccs2)CC1. The molecule has 6 nitrogen and oxygen atoms in total. The lowest BCUT2D eigenvalue weighted by Gasteiger charge is -2.31. The van der Waals surface area contributed by atoms with Crippen molar-refractivity contribution >= 4 is 23.2 Å². The third-order valence-electron chi connectivity index (χ3n) is 5.22. The third-order valence-corrected chi connectivity index (χ3v) is 6.18. The van der Waals surface area contributed by atoms with E-state index in [2.05, 4.69) is 40.3 Å². The topological polar surface area (TPSA) is 70.5 Å². The van der Waals surface area contributed by atoms with Gasteiger partial charge in [0.05, 0.1) is 31.1 Å². The lowest BCUT2D eigenvalue weighted by molar-refractivity contribution is -0.896. The molecule has 2 heterocycles. The number of rotatable bonds is 8. The average Bonchev–Trinajstić information content (AvgIpc) is 3.23. The van der Waals surface area contributed by atoms with Crippen LogP contribution in [0.25, 0.3) is 0 Å². The van der Waals surface area contributed by atoms with Gasteiger partial charge in [0.15, 0.2) is 13.1 Å². The summed E-state index contributed by atoms with van der Waals surface area (Å²) in [6, 6.07) is 14.9. The molecule has 4 N–H and O–H groups in total. The van der Waals surface area contributed by atoms with Gasteiger partial charge in [0.1, 0.15) is 6.04 Å². The highest BCUT2D eigenvalue weighted by atomic mass is 32.1. The van der Waals surface area contributed by atoms with Gasteiger partial charge in [-0.3, -0.25) is 9.59 Å². The summed E-state index contributed by atoms with van der Waals surface area (Å²) in [6.45, 7) is 7.94. The van der Waals surface area contributed by atoms with Gasteiger partial charge < -0.3 is 20.4 Å². The maximum Gasteiger partial charge on any atom is 0.278 e. The van der Waals surface area contributed by atoms with Gasteiger partial charge in [0.25, 0.3) is 11.8 Å². The van der Waals surface area contributed by atoms with E-state index in [1.54, 1.807) is 11.3 Å². The first-order valence-corrected chi connectivity index (χ1v) is 11.2. The molecule has 2 aromatic rings. The fourth-order valence-corrected chi connectivity index (χ4v) is 4.59. The summed E-state index contributed by atoms with van der Waals surface area (Å²) in [6.07, 6.45) is 0. The minimum atomic E-state index is 0.0877. The zero-order valence-electron chi connectivity index (χ0n) is 17.3. The first-order chi connectivity index (χ1) is 14.0. The van der Waals surface area contributed by atoms with Crippen molar-refractivity contribution in [1.82, 2.24) is 10.2 Å². The van der Waals surface area contributed by atoms with Crippen LogP contribution in [0.3, 0.4) is 0 Å². The number of carbonyl (C=O) groups excluding carboxylic acids is 2. The van der Waals surface area contributed by atoms with E-state index in [0.717, 1.165) is 13.1 Å². The Hall–Kier alpha value is -2.22. The van der Waals surface area contributed by atoms with Crippen molar-refractivity contribution in [1.29, 1.82) is 0 Å². The number of hydrogen-bond acceptors (Lipinski definition) is 3. The minimum Gasteiger partial charge on any atom is -0.349 e. The first-order valence-electron chi connectivity index (χ1n) is 10.4. The lowest BCUT2D eigenvalue weighted by Crippen LogP contribution is -3.16. The summed E-state index contributed by atoms with van der Waals surface area (Å²) in [7, 11) is 0. The molecule has 2 amide bonds. The summed E-state index contributed by atoms with van der Waals surface area (Å²) in [5.74, 6) is 0.262. The maximum absolute atomic E-state index is 12.8. The number of nitrogens with two attached hydrogens (primary N) is 1. The van der Waals surface area contributed by atoms with Crippen LogP contribution in [-0.2, 0) is 9.59 Å². The quantitative estimate of drug-likeness (QED) is 0.551. The van der Waals surface area contributed by atoms with E-state index < -0.39 is 0 Å². The number of hydrogen-bond donors (Lipinski definition) is 3. The highest BCUT2D eigenvalue weighted by Gasteiger charge is 2.27. The molecule has 1 atom stereocenters. The van der Waals surface area contributed by atoms with Crippen molar-refractivity contribution in [2.24, 2.45) is 0 Å². The number of amides is 2. The van der Waals surface area contributed by atoms with Gasteiger partial charge in [-0.05, 0) is 25.3 Å². The lowest BCUT2D eigenvalue weighted by atomic mass is 10.1. The van der Waals surface area contributed by atoms with Crippen LogP contribution in [0.2, 0.25) is 0 Å². The predicted octanol–water partition coefficient (Wildman–Crippen LogP) is -0.347. The van der Waals surface area contributed by atoms with Gasteiger partial charge in [-0.15, -0.1) is 11.3 Å². The van der Waals surface area contributed by atoms with E-state index in [4.69, 9.17) is 0 Å². The largest absolute Gasteiger partial charge is 0.349 e. The molecule has 0 radical (unpaired) electrons. The van der Waals surface area contributed by atoms with E-state index in [0.29, 0.717) is 26.2 Å². The number of carbonyl (C=O) groups is 2. The molecular formula is C22H32N4O2S+2.